The molecule has 0 spiro atoms. The van der Waals surface area contributed by atoms with E-state index in [9.17, 15) is 0 Å². The topological polar surface area (TPSA) is 38.5 Å². The minimum atomic E-state index is 0.0994. The van der Waals surface area contributed by atoms with Crippen molar-refractivity contribution in [2.45, 2.75) is 38.3 Å². The average Bonchev–Trinajstić information content (AvgIpc) is 2.02. The van der Waals surface area contributed by atoms with Crippen LogP contribution < -0.4 is 5.73 Å². The second kappa shape index (κ2) is 4.40. The van der Waals surface area contributed by atoms with Gasteiger partial charge in [-0.1, -0.05) is 13.3 Å². The fraction of sp³-hybridized carbons (Fsp3) is 1.00. The number of rotatable bonds is 5. The second-order valence-electron chi connectivity index (χ2n) is 4.33. The van der Waals surface area contributed by atoms with Crippen molar-refractivity contribution >= 4 is 0 Å². The zero-order chi connectivity index (χ0) is 9.90. The summed E-state index contributed by atoms with van der Waals surface area (Å²) in [5.74, 6) is 0. The zero-order valence-electron chi connectivity index (χ0n) is 9.05. The molecule has 1 saturated heterocycles. The molecule has 13 heavy (non-hydrogen) atoms. The van der Waals surface area contributed by atoms with Crippen LogP contribution >= 0.6 is 0 Å². The van der Waals surface area contributed by atoms with E-state index in [1.54, 1.807) is 7.11 Å². The minimum absolute atomic E-state index is 0.0994. The van der Waals surface area contributed by atoms with Crippen LogP contribution in [0.25, 0.3) is 0 Å². The summed E-state index contributed by atoms with van der Waals surface area (Å²) < 4.78 is 5.20. The first-order chi connectivity index (χ1) is 6.09. The molecular formula is C10H22N2O. The molecule has 0 radical (unpaired) electrons. The fourth-order valence-corrected chi connectivity index (χ4v) is 2.07. The smallest absolute Gasteiger partial charge is 0.0670 e. The molecule has 0 amide bonds. The lowest BCUT2D eigenvalue weighted by Crippen LogP contribution is -2.67. The highest BCUT2D eigenvalue weighted by molar-refractivity contribution is 4.99. The van der Waals surface area contributed by atoms with Gasteiger partial charge in [-0.25, -0.2) is 0 Å². The van der Waals surface area contributed by atoms with Crippen LogP contribution in [0.1, 0.15) is 26.7 Å². The molecule has 1 aliphatic heterocycles. The summed E-state index contributed by atoms with van der Waals surface area (Å²) in [4.78, 5) is 2.36. The number of methoxy groups -OCH3 is 1. The van der Waals surface area contributed by atoms with Crippen molar-refractivity contribution in [2.75, 3.05) is 26.7 Å². The molecule has 0 bridgehead atoms. The molecule has 0 saturated carbocycles. The molecule has 1 aliphatic rings. The molecule has 0 aromatic carbocycles. The van der Waals surface area contributed by atoms with E-state index in [0.717, 1.165) is 26.1 Å². The molecule has 3 heteroatoms. The van der Waals surface area contributed by atoms with Crippen molar-refractivity contribution in [3.8, 4) is 0 Å². The molecule has 3 nitrogen and oxygen atoms in total. The average molecular weight is 186 g/mol. The monoisotopic (exact) mass is 186 g/mol. The van der Waals surface area contributed by atoms with Crippen molar-refractivity contribution in [2.24, 2.45) is 5.73 Å². The largest absolute Gasteiger partial charge is 0.380 e. The predicted octanol–water partition coefficient (Wildman–Crippen LogP) is 0.834. The van der Waals surface area contributed by atoms with Crippen LogP contribution in [0.15, 0.2) is 0 Å². The summed E-state index contributed by atoms with van der Waals surface area (Å²) in [5, 5.41) is 0. The quantitative estimate of drug-likeness (QED) is 0.691. The van der Waals surface area contributed by atoms with Crippen molar-refractivity contribution in [3.63, 3.8) is 0 Å². The van der Waals surface area contributed by atoms with Crippen molar-refractivity contribution in [1.82, 2.24) is 4.90 Å². The maximum atomic E-state index is 6.14. The van der Waals surface area contributed by atoms with E-state index >= 15 is 0 Å². The molecule has 0 aliphatic carbocycles. The van der Waals surface area contributed by atoms with Crippen molar-refractivity contribution in [1.29, 1.82) is 0 Å². The van der Waals surface area contributed by atoms with Crippen LogP contribution in [0.3, 0.4) is 0 Å². The van der Waals surface area contributed by atoms with Crippen molar-refractivity contribution < 1.29 is 4.74 Å². The molecule has 1 unspecified atom stereocenters. The Kier molecular flexibility index (Phi) is 3.71. The van der Waals surface area contributed by atoms with Gasteiger partial charge in [0.25, 0.3) is 0 Å². The third-order valence-corrected chi connectivity index (χ3v) is 2.74. The first-order valence-electron chi connectivity index (χ1n) is 5.13. The van der Waals surface area contributed by atoms with Gasteiger partial charge in [0.05, 0.1) is 6.10 Å². The molecule has 1 heterocycles. The van der Waals surface area contributed by atoms with Crippen LogP contribution in [0.2, 0.25) is 0 Å². The number of nitrogens with zero attached hydrogens (tertiary/aromatic N) is 1. The van der Waals surface area contributed by atoms with Gasteiger partial charge in [0.2, 0.25) is 0 Å². The third-order valence-electron chi connectivity index (χ3n) is 2.74. The van der Waals surface area contributed by atoms with Crippen LogP contribution in [0.5, 0.6) is 0 Å². The summed E-state index contributed by atoms with van der Waals surface area (Å²) >= 11 is 0. The molecule has 1 rings (SSSR count). The van der Waals surface area contributed by atoms with Gasteiger partial charge >= 0.3 is 0 Å². The Balaban J connectivity index is 2.17. The van der Waals surface area contributed by atoms with Crippen LogP contribution in [-0.4, -0.2) is 43.3 Å². The summed E-state index contributed by atoms with van der Waals surface area (Å²) in [5.41, 5.74) is 6.24. The van der Waals surface area contributed by atoms with Gasteiger partial charge in [-0.2, -0.15) is 0 Å². The van der Waals surface area contributed by atoms with Gasteiger partial charge in [-0.05, 0) is 13.3 Å². The summed E-state index contributed by atoms with van der Waals surface area (Å²) in [7, 11) is 1.76. The van der Waals surface area contributed by atoms with Gasteiger partial charge < -0.3 is 10.5 Å². The molecule has 0 aromatic rings. The fourth-order valence-electron chi connectivity index (χ4n) is 2.07. The molecule has 2 N–H and O–H groups in total. The Labute approximate surface area is 81.2 Å². The number of ether oxygens (including phenoxy) is 1. The van der Waals surface area contributed by atoms with E-state index in [4.69, 9.17) is 10.5 Å². The highest BCUT2D eigenvalue weighted by Gasteiger charge is 2.38. The first kappa shape index (κ1) is 11.0. The van der Waals surface area contributed by atoms with Crippen LogP contribution in [0, 0.1) is 0 Å². The highest BCUT2D eigenvalue weighted by Crippen LogP contribution is 2.23. The van der Waals surface area contributed by atoms with Gasteiger partial charge in [-0.3, -0.25) is 4.90 Å². The maximum absolute atomic E-state index is 6.14. The van der Waals surface area contributed by atoms with Gasteiger partial charge in [0, 0.05) is 32.3 Å². The Morgan fingerprint density at radius 1 is 1.54 bits per heavy atom. The predicted molar refractivity (Wildman–Crippen MR) is 54.7 cm³/mol. The molecule has 1 fully saturated rings. The summed E-state index contributed by atoms with van der Waals surface area (Å²) in [6, 6.07) is 0. The summed E-state index contributed by atoms with van der Waals surface area (Å²) in [6.07, 6.45) is 2.65. The summed E-state index contributed by atoms with van der Waals surface area (Å²) in [6.45, 7) is 7.37. The normalized spacial score (nSPS) is 24.0. The maximum Gasteiger partial charge on any atom is 0.0670 e. The Morgan fingerprint density at radius 2 is 2.15 bits per heavy atom. The Morgan fingerprint density at radius 3 is 2.62 bits per heavy atom. The number of likely N-dealkylation sites (tertiary alicyclic amines) is 1. The number of nitrogens with two attached hydrogens (primary N) is 1. The minimum Gasteiger partial charge on any atom is -0.380 e. The molecular weight excluding hydrogens is 164 g/mol. The van der Waals surface area contributed by atoms with E-state index in [2.05, 4.69) is 18.7 Å². The Hall–Kier alpha value is -0.120. The van der Waals surface area contributed by atoms with Crippen molar-refractivity contribution in [3.05, 3.63) is 0 Å². The van der Waals surface area contributed by atoms with E-state index in [1.807, 2.05) is 0 Å². The second-order valence-corrected chi connectivity index (χ2v) is 4.33. The zero-order valence-corrected chi connectivity index (χ0v) is 9.05. The van der Waals surface area contributed by atoms with Gasteiger partial charge in [0.1, 0.15) is 0 Å². The standard InChI is InChI=1S/C10H22N2O/c1-4-5-10(11)7-12(8-10)6-9(2)13-3/h9H,4-8,11H2,1-3H3. The Bertz CT molecular complexity index is 155. The van der Waals surface area contributed by atoms with Gasteiger partial charge in [-0.15, -0.1) is 0 Å². The first-order valence-corrected chi connectivity index (χ1v) is 5.13. The SMILES string of the molecule is CCCC1(N)CN(CC(C)OC)C1. The van der Waals surface area contributed by atoms with Gasteiger partial charge in [0.15, 0.2) is 0 Å². The molecule has 1 atom stereocenters. The van der Waals surface area contributed by atoms with E-state index < -0.39 is 0 Å². The van der Waals surface area contributed by atoms with E-state index in [-0.39, 0.29) is 5.54 Å². The highest BCUT2D eigenvalue weighted by atomic mass is 16.5. The number of hydrogen-bond acceptors (Lipinski definition) is 3. The molecule has 0 aromatic heterocycles. The van der Waals surface area contributed by atoms with E-state index in [0.29, 0.717) is 6.10 Å². The van der Waals surface area contributed by atoms with E-state index in [1.165, 1.54) is 6.42 Å². The number of hydrogen-bond donors (Lipinski definition) is 1. The lowest BCUT2D eigenvalue weighted by molar-refractivity contribution is 0.00837. The lowest BCUT2D eigenvalue weighted by atomic mass is 9.86. The molecule has 78 valence electrons. The lowest BCUT2D eigenvalue weighted by Gasteiger charge is -2.48. The third kappa shape index (κ3) is 2.93. The van der Waals surface area contributed by atoms with Crippen LogP contribution in [0.4, 0.5) is 0 Å². The van der Waals surface area contributed by atoms with Crippen LogP contribution in [-0.2, 0) is 4.74 Å².